The molecule has 7 nitrogen and oxygen atoms in total. The minimum absolute atomic E-state index is 0.0830. The maximum absolute atomic E-state index is 13.2. The van der Waals surface area contributed by atoms with Crippen LogP contribution >= 0.6 is 0 Å². The third kappa shape index (κ3) is 4.92. The highest BCUT2D eigenvalue weighted by atomic mass is 19.1. The molecule has 158 valence electrons. The number of benzene rings is 2. The van der Waals surface area contributed by atoms with Gasteiger partial charge in [0.05, 0.1) is 6.04 Å². The smallest absolute Gasteiger partial charge is 0.230 e. The molecule has 1 unspecified atom stereocenters. The van der Waals surface area contributed by atoms with Gasteiger partial charge in [-0.05, 0) is 54.3 Å². The van der Waals surface area contributed by atoms with Crippen LogP contribution in [0.15, 0.2) is 54.9 Å². The van der Waals surface area contributed by atoms with E-state index in [1.165, 1.54) is 25.4 Å². The second kappa shape index (κ2) is 9.01. The fourth-order valence-electron chi connectivity index (χ4n) is 3.54. The lowest BCUT2D eigenvalue weighted by atomic mass is 9.95. The molecule has 31 heavy (non-hydrogen) atoms. The van der Waals surface area contributed by atoms with Crippen LogP contribution < -0.4 is 16.0 Å². The molecule has 1 aliphatic heterocycles. The molecule has 3 N–H and O–H groups in total. The molecule has 1 atom stereocenters. The van der Waals surface area contributed by atoms with Crippen molar-refractivity contribution in [2.24, 2.45) is 0 Å². The number of nitrogens with zero attached hydrogens (tertiary/aromatic N) is 3. The van der Waals surface area contributed by atoms with Gasteiger partial charge in [-0.25, -0.2) is 14.4 Å². The van der Waals surface area contributed by atoms with E-state index >= 15 is 0 Å². The molecule has 3 aromatic rings. The van der Waals surface area contributed by atoms with Crippen LogP contribution in [0.2, 0.25) is 0 Å². The minimum Gasteiger partial charge on any atom is -0.326 e. The third-order valence-electron chi connectivity index (χ3n) is 5.14. The summed E-state index contributed by atoms with van der Waals surface area (Å²) in [6.45, 7) is 4.06. The Morgan fingerprint density at radius 3 is 2.68 bits per heavy atom. The van der Waals surface area contributed by atoms with Crippen LogP contribution in [-0.2, 0) is 4.79 Å². The first kappa shape index (κ1) is 20.6. The summed E-state index contributed by atoms with van der Waals surface area (Å²) in [6, 6.07) is 12.0. The number of anilines is 3. The van der Waals surface area contributed by atoms with Crippen LogP contribution in [0.1, 0.15) is 36.3 Å². The summed E-state index contributed by atoms with van der Waals surface area (Å²) in [6.07, 6.45) is 4.27. The lowest BCUT2D eigenvalue weighted by Gasteiger charge is -2.23. The van der Waals surface area contributed by atoms with Crippen molar-refractivity contribution in [2.45, 2.75) is 26.3 Å². The number of carbonyl (C=O) groups is 1. The number of amides is 1. The average molecular weight is 418 g/mol. The summed E-state index contributed by atoms with van der Waals surface area (Å²) < 4.78 is 13.2. The van der Waals surface area contributed by atoms with E-state index < -0.39 is 0 Å². The molecule has 8 heteroatoms. The molecular weight excluding hydrogens is 395 g/mol. The Morgan fingerprint density at radius 1 is 1.13 bits per heavy atom. The first-order valence-corrected chi connectivity index (χ1v) is 10.0. The van der Waals surface area contributed by atoms with Crippen molar-refractivity contribution in [1.29, 1.82) is 0 Å². The van der Waals surface area contributed by atoms with Crippen molar-refractivity contribution in [1.82, 2.24) is 20.3 Å². The zero-order valence-electron chi connectivity index (χ0n) is 17.3. The standard InChI is InChI=1S/C23H23FN6O/c1-14-19(28-15(2)31)4-3-5-20(14)29-23-27-13-26-22(30-23)21-12-17(10-11-25-21)16-6-8-18(24)9-7-16/h3-10,13,21,25H,11-12H2,1-2H3,(H,28,31)(H,26,27,29,30). The lowest BCUT2D eigenvalue weighted by molar-refractivity contribution is -0.114. The minimum atomic E-state index is -0.249. The van der Waals surface area contributed by atoms with Crippen LogP contribution in [-0.4, -0.2) is 27.4 Å². The Bertz CT molecular complexity index is 1130. The van der Waals surface area contributed by atoms with E-state index in [1.54, 1.807) is 12.1 Å². The van der Waals surface area contributed by atoms with Gasteiger partial charge in [-0.3, -0.25) is 4.79 Å². The van der Waals surface area contributed by atoms with Crippen molar-refractivity contribution < 1.29 is 9.18 Å². The van der Waals surface area contributed by atoms with Crippen molar-refractivity contribution >= 4 is 28.8 Å². The normalized spacial score (nSPS) is 15.8. The molecule has 0 fully saturated rings. The van der Waals surface area contributed by atoms with E-state index in [0.717, 1.165) is 28.1 Å². The fourth-order valence-corrected chi connectivity index (χ4v) is 3.54. The second-order valence-electron chi connectivity index (χ2n) is 7.35. The van der Waals surface area contributed by atoms with Crippen molar-refractivity contribution in [3.8, 4) is 0 Å². The first-order valence-electron chi connectivity index (χ1n) is 10.0. The molecule has 0 radical (unpaired) electrons. The number of hydrogen-bond acceptors (Lipinski definition) is 6. The molecule has 2 heterocycles. The maximum atomic E-state index is 13.2. The van der Waals surface area contributed by atoms with Crippen molar-refractivity contribution in [3.63, 3.8) is 0 Å². The molecular formula is C23H23FN6O. The second-order valence-corrected chi connectivity index (χ2v) is 7.35. The van der Waals surface area contributed by atoms with Gasteiger partial charge in [0.2, 0.25) is 11.9 Å². The Morgan fingerprint density at radius 2 is 1.90 bits per heavy atom. The van der Waals surface area contributed by atoms with Gasteiger partial charge < -0.3 is 16.0 Å². The van der Waals surface area contributed by atoms with Gasteiger partial charge in [0.25, 0.3) is 0 Å². The highest BCUT2D eigenvalue weighted by Crippen LogP contribution is 2.30. The zero-order valence-corrected chi connectivity index (χ0v) is 17.3. The molecule has 0 saturated carbocycles. The van der Waals surface area contributed by atoms with Crippen LogP contribution in [0.4, 0.5) is 21.7 Å². The largest absolute Gasteiger partial charge is 0.326 e. The highest BCUT2D eigenvalue weighted by Gasteiger charge is 2.21. The summed E-state index contributed by atoms with van der Waals surface area (Å²) >= 11 is 0. The zero-order chi connectivity index (χ0) is 21.8. The molecule has 0 aliphatic carbocycles. The summed E-state index contributed by atoms with van der Waals surface area (Å²) in [4.78, 5) is 24.6. The van der Waals surface area contributed by atoms with Gasteiger partial charge in [-0.15, -0.1) is 0 Å². The van der Waals surface area contributed by atoms with E-state index in [2.05, 4.69) is 37.0 Å². The maximum Gasteiger partial charge on any atom is 0.230 e. The number of carbonyl (C=O) groups excluding carboxylic acids is 1. The Kier molecular flexibility index (Phi) is 5.99. The summed E-state index contributed by atoms with van der Waals surface area (Å²) in [7, 11) is 0. The van der Waals surface area contributed by atoms with Crippen LogP contribution in [0, 0.1) is 12.7 Å². The Balaban J connectivity index is 1.52. The van der Waals surface area contributed by atoms with Gasteiger partial charge >= 0.3 is 0 Å². The number of rotatable bonds is 5. The van der Waals surface area contributed by atoms with E-state index in [4.69, 9.17) is 0 Å². The lowest BCUT2D eigenvalue weighted by Crippen LogP contribution is -2.27. The van der Waals surface area contributed by atoms with E-state index in [0.29, 0.717) is 24.7 Å². The van der Waals surface area contributed by atoms with Crippen LogP contribution in [0.5, 0.6) is 0 Å². The Hall–Kier alpha value is -3.65. The van der Waals surface area contributed by atoms with Gasteiger partial charge in [-0.2, -0.15) is 4.98 Å². The summed E-state index contributed by atoms with van der Waals surface area (Å²) in [5.74, 6) is 0.672. The molecule has 4 rings (SSSR count). The van der Waals surface area contributed by atoms with Crippen LogP contribution in [0.3, 0.4) is 0 Å². The number of nitrogens with one attached hydrogen (secondary N) is 3. The quantitative estimate of drug-likeness (QED) is 0.577. The van der Waals surface area contributed by atoms with Gasteiger partial charge in [0, 0.05) is 24.8 Å². The van der Waals surface area contributed by atoms with E-state index in [-0.39, 0.29) is 17.8 Å². The summed E-state index contributed by atoms with van der Waals surface area (Å²) in [5.41, 5.74) is 4.53. The number of hydrogen-bond donors (Lipinski definition) is 3. The Labute approximate surface area is 179 Å². The SMILES string of the molecule is CC(=O)Nc1cccc(Nc2ncnc(C3CC(c4ccc(F)cc4)=CCN3)n2)c1C. The van der Waals surface area contributed by atoms with Crippen molar-refractivity contribution in [2.75, 3.05) is 17.2 Å². The van der Waals surface area contributed by atoms with E-state index in [1.807, 2.05) is 25.1 Å². The predicted octanol–water partition coefficient (Wildman–Crippen LogP) is 4.14. The predicted molar refractivity (Wildman–Crippen MR) is 118 cm³/mol. The topological polar surface area (TPSA) is 91.8 Å². The van der Waals surface area contributed by atoms with Gasteiger partial charge in [0.15, 0.2) is 5.82 Å². The number of aromatic nitrogens is 3. The van der Waals surface area contributed by atoms with E-state index in [9.17, 15) is 9.18 Å². The average Bonchev–Trinajstić information content (AvgIpc) is 2.77. The van der Waals surface area contributed by atoms with Crippen molar-refractivity contribution in [3.05, 3.63) is 77.6 Å². The van der Waals surface area contributed by atoms with Gasteiger partial charge in [-0.1, -0.05) is 24.3 Å². The fraction of sp³-hybridized carbons (Fsp3) is 0.217. The molecule has 0 bridgehead atoms. The monoisotopic (exact) mass is 418 g/mol. The third-order valence-corrected chi connectivity index (χ3v) is 5.14. The highest BCUT2D eigenvalue weighted by molar-refractivity contribution is 5.90. The summed E-state index contributed by atoms with van der Waals surface area (Å²) in [5, 5.41) is 9.43. The molecule has 0 saturated heterocycles. The first-order chi connectivity index (χ1) is 15.0. The molecule has 1 aliphatic rings. The van der Waals surface area contributed by atoms with Crippen LogP contribution in [0.25, 0.3) is 5.57 Å². The van der Waals surface area contributed by atoms with Gasteiger partial charge in [0.1, 0.15) is 12.1 Å². The molecule has 2 aromatic carbocycles. The molecule has 1 amide bonds. The number of halogens is 1. The molecule has 0 spiro atoms. The molecule has 1 aromatic heterocycles.